The Hall–Kier alpha value is -2.95. The zero-order chi connectivity index (χ0) is 24.2. The highest BCUT2D eigenvalue weighted by Crippen LogP contribution is 2.23. The second-order valence-electron chi connectivity index (χ2n) is 8.45. The summed E-state index contributed by atoms with van der Waals surface area (Å²) in [6.45, 7) is 4.74. The molecule has 0 radical (unpaired) electrons. The molecule has 1 N–H and O–H groups in total. The molecule has 0 saturated carbocycles. The van der Waals surface area contributed by atoms with Crippen molar-refractivity contribution < 1.29 is 9.59 Å². The van der Waals surface area contributed by atoms with E-state index in [9.17, 15) is 4.79 Å². The van der Waals surface area contributed by atoms with E-state index in [1.54, 1.807) is 0 Å². The maximum atomic E-state index is 13.0. The molecule has 178 valence electrons. The van der Waals surface area contributed by atoms with Gasteiger partial charge in [0.05, 0.1) is 6.04 Å². The van der Waals surface area contributed by atoms with Crippen LogP contribution in [0.15, 0.2) is 78.9 Å². The molecule has 3 aromatic rings. The molecule has 4 rings (SSSR count). The lowest BCUT2D eigenvalue weighted by Crippen LogP contribution is -2.35. The molecule has 1 fully saturated rings. The maximum Gasteiger partial charge on any atom is 0.251 e. The first-order valence-corrected chi connectivity index (χ1v) is 12.3. The molecule has 1 saturated heterocycles. The molecule has 3 aromatic carbocycles. The minimum absolute atomic E-state index is 0.0412. The fraction of sp³-hybridized carbons (Fsp3) is 0.310. The van der Waals surface area contributed by atoms with Crippen molar-refractivity contribution in [3.8, 4) is 11.1 Å². The summed E-state index contributed by atoms with van der Waals surface area (Å²) in [6, 6.07) is 25.8. The van der Waals surface area contributed by atoms with E-state index < -0.39 is 0 Å². The molecule has 0 aliphatic carbocycles. The van der Waals surface area contributed by atoms with Crippen molar-refractivity contribution in [3.63, 3.8) is 0 Å². The van der Waals surface area contributed by atoms with Crippen LogP contribution in [0, 0.1) is 0 Å². The van der Waals surface area contributed by atoms with Crippen molar-refractivity contribution in [3.05, 3.63) is 95.0 Å². The Bertz CT molecular complexity index is 1010. The van der Waals surface area contributed by atoms with Crippen molar-refractivity contribution in [2.24, 2.45) is 0 Å². The predicted molar refractivity (Wildman–Crippen MR) is 140 cm³/mol. The first-order valence-electron chi connectivity index (χ1n) is 11.9. The van der Waals surface area contributed by atoms with E-state index in [0.717, 1.165) is 49.0 Å². The van der Waals surface area contributed by atoms with Gasteiger partial charge in [-0.3, -0.25) is 4.79 Å². The topological polar surface area (TPSA) is 49.4 Å². The van der Waals surface area contributed by atoms with Crippen molar-refractivity contribution >= 4 is 23.8 Å². The van der Waals surface area contributed by atoms with E-state index in [2.05, 4.69) is 22.3 Å². The van der Waals surface area contributed by atoms with Gasteiger partial charge in [0.2, 0.25) is 0 Å². The average molecular weight is 477 g/mol. The second-order valence-corrected chi connectivity index (χ2v) is 8.88. The lowest BCUT2D eigenvalue weighted by Gasteiger charge is -2.29. The van der Waals surface area contributed by atoms with Gasteiger partial charge < -0.3 is 15.0 Å². The lowest BCUT2D eigenvalue weighted by molar-refractivity contribution is -0.106. The zero-order valence-corrected chi connectivity index (χ0v) is 20.5. The molecule has 0 aromatic heterocycles. The largest absolute Gasteiger partial charge is 0.345 e. The molecule has 1 atom stereocenters. The quantitative estimate of drug-likeness (QED) is 0.393. The third-order valence-corrected chi connectivity index (χ3v) is 6.27. The molecule has 0 bridgehead atoms. The van der Waals surface area contributed by atoms with Crippen molar-refractivity contribution in [2.45, 2.75) is 38.6 Å². The number of hydrogen-bond acceptors (Lipinski definition) is 3. The summed E-state index contributed by atoms with van der Waals surface area (Å²) in [7, 11) is 0. The van der Waals surface area contributed by atoms with Crippen LogP contribution in [-0.4, -0.2) is 36.7 Å². The molecule has 34 heavy (non-hydrogen) atoms. The summed E-state index contributed by atoms with van der Waals surface area (Å²) < 4.78 is 0. The first kappa shape index (κ1) is 25.7. The summed E-state index contributed by atoms with van der Waals surface area (Å²) in [5, 5.41) is 3.97. The van der Waals surface area contributed by atoms with Gasteiger partial charge in [-0.2, -0.15) is 0 Å². The highest BCUT2D eigenvalue weighted by atomic mass is 35.5. The van der Waals surface area contributed by atoms with Crippen LogP contribution in [0.1, 0.15) is 54.6 Å². The van der Waals surface area contributed by atoms with Gasteiger partial charge in [0.1, 0.15) is 6.29 Å². The molecule has 1 heterocycles. The Morgan fingerprint density at radius 2 is 1.50 bits per heavy atom. The molecular weight excluding hydrogens is 444 g/mol. The highest BCUT2D eigenvalue weighted by molar-refractivity contribution is 6.30. The van der Waals surface area contributed by atoms with Gasteiger partial charge in [0, 0.05) is 17.1 Å². The van der Waals surface area contributed by atoms with Crippen LogP contribution in [0.4, 0.5) is 0 Å². The van der Waals surface area contributed by atoms with Crippen molar-refractivity contribution in [1.29, 1.82) is 0 Å². The third-order valence-electron chi connectivity index (χ3n) is 6.01. The molecule has 5 heteroatoms. The smallest absolute Gasteiger partial charge is 0.251 e. The Balaban J connectivity index is 0.00000103. The van der Waals surface area contributed by atoms with Crippen LogP contribution < -0.4 is 5.32 Å². The zero-order valence-electron chi connectivity index (χ0n) is 19.8. The fourth-order valence-corrected chi connectivity index (χ4v) is 4.32. The van der Waals surface area contributed by atoms with E-state index in [0.29, 0.717) is 10.6 Å². The van der Waals surface area contributed by atoms with Crippen LogP contribution in [0.2, 0.25) is 5.02 Å². The average Bonchev–Trinajstić information content (AvgIpc) is 2.89. The van der Waals surface area contributed by atoms with Crippen molar-refractivity contribution in [2.75, 3.05) is 19.6 Å². The Kier molecular flexibility index (Phi) is 10.3. The number of rotatable bonds is 7. The van der Waals surface area contributed by atoms with Crippen LogP contribution in [0.5, 0.6) is 0 Å². The first-order chi connectivity index (χ1) is 16.6. The number of nitrogens with zero attached hydrogens (tertiary/aromatic N) is 1. The number of piperidine rings is 1. The van der Waals surface area contributed by atoms with Gasteiger partial charge in [0.15, 0.2) is 0 Å². The van der Waals surface area contributed by atoms with Gasteiger partial charge in [-0.1, -0.05) is 72.6 Å². The molecule has 1 aliphatic rings. The summed E-state index contributed by atoms with van der Waals surface area (Å²) in [6.07, 6.45) is 5.50. The van der Waals surface area contributed by atoms with Gasteiger partial charge in [0.25, 0.3) is 5.91 Å². The predicted octanol–water partition coefficient (Wildman–Crippen LogP) is 6.56. The Morgan fingerprint density at radius 1 is 0.912 bits per heavy atom. The SMILES string of the molecule is CC=O.O=C(NC(CCN1CCCCC1)c1ccc(Cl)cc1)c1ccc(-c2ccccc2)cc1. The van der Waals surface area contributed by atoms with E-state index in [1.807, 2.05) is 66.7 Å². The summed E-state index contributed by atoms with van der Waals surface area (Å²) in [4.78, 5) is 24.4. The Labute approximate surface area is 207 Å². The number of carbonyl (C=O) groups excluding carboxylic acids is 2. The number of carbonyl (C=O) groups is 2. The third kappa shape index (κ3) is 7.82. The van der Waals surface area contributed by atoms with Crippen LogP contribution in [0.25, 0.3) is 11.1 Å². The highest BCUT2D eigenvalue weighted by Gasteiger charge is 2.18. The summed E-state index contributed by atoms with van der Waals surface area (Å²) in [5.41, 5.74) is 4.03. The van der Waals surface area contributed by atoms with Gasteiger partial charge in [-0.05, 0) is 80.2 Å². The number of hydrogen-bond donors (Lipinski definition) is 1. The minimum Gasteiger partial charge on any atom is -0.345 e. The number of nitrogens with one attached hydrogen (secondary N) is 1. The number of halogens is 1. The standard InChI is InChI=1S/C27H29ClN2O.C2H4O/c28-25-15-13-23(14-16-25)26(17-20-30-18-5-2-6-19-30)29-27(31)24-11-9-22(10-12-24)21-7-3-1-4-8-21;1-2-3/h1,3-4,7-16,26H,2,5-6,17-20H2,(H,29,31);2H,1H3. The lowest BCUT2D eigenvalue weighted by atomic mass is 10.0. The summed E-state index contributed by atoms with van der Waals surface area (Å²) >= 11 is 6.09. The van der Waals surface area contributed by atoms with Gasteiger partial charge >= 0.3 is 0 Å². The molecule has 1 aliphatic heterocycles. The number of amides is 1. The summed E-state index contributed by atoms with van der Waals surface area (Å²) in [5.74, 6) is -0.0433. The molecule has 0 spiro atoms. The van der Waals surface area contributed by atoms with E-state index in [4.69, 9.17) is 16.4 Å². The van der Waals surface area contributed by atoms with Gasteiger partial charge in [-0.25, -0.2) is 0 Å². The second kappa shape index (κ2) is 13.7. The van der Waals surface area contributed by atoms with Gasteiger partial charge in [-0.15, -0.1) is 0 Å². The number of benzene rings is 3. The van der Waals surface area contributed by atoms with E-state index >= 15 is 0 Å². The molecular formula is C29H33ClN2O2. The number of likely N-dealkylation sites (tertiary alicyclic amines) is 1. The molecule has 1 amide bonds. The number of aldehydes is 1. The van der Waals surface area contributed by atoms with Crippen LogP contribution in [0.3, 0.4) is 0 Å². The molecule has 4 nitrogen and oxygen atoms in total. The maximum absolute atomic E-state index is 13.0. The van der Waals surface area contributed by atoms with E-state index in [1.165, 1.54) is 26.2 Å². The normalized spacial score (nSPS) is 14.4. The van der Waals surface area contributed by atoms with Crippen molar-refractivity contribution in [1.82, 2.24) is 10.2 Å². The van der Waals surface area contributed by atoms with Crippen LogP contribution >= 0.6 is 11.6 Å². The van der Waals surface area contributed by atoms with Crippen LogP contribution in [-0.2, 0) is 4.79 Å². The fourth-order valence-electron chi connectivity index (χ4n) is 4.20. The minimum atomic E-state index is -0.0433. The molecule has 1 unspecified atom stereocenters. The monoisotopic (exact) mass is 476 g/mol. The van der Waals surface area contributed by atoms with E-state index in [-0.39, 0.29) is 11.9 Å². The Morgan fingerprint density at radius 3 is 2.12 bits per heavy atom.